The Kier molecular flexibility index (Phi) is 4.30. The number of hydrogen-bond acceptors (Lipinski definition) is 7. The van der Waals surface area contributed by atoms with Crippen molar-refractivity contribution >= 4 is 11.8 Å². The molecule has 8 heteroatoms. The molecule has 0 unspecified atom stereocenters. The van der Waals surface area contributed by atoms with Gasteiger partial charge in [-0.2, -0.15) is 4.98 Å². The highest BCUT2D eigenvalue weighted by Gasteiger charge is 2.41. The number of anilines is 2. The van der Waals surface area contributed by atoms with E-state index in [1.54, 1.807) is 0 Å². The lowest BCUT2D eigenvalue weighted by Crippen LogP contribution is -2.51. The number of hydrogen-bond donors (Lipinski definition) is 0. The molecule has 4 rings (SSSR count). The molecule has 2 aromatic rings. The number of imidazole rings is 1. The van der Waals surface area contributed by atoms with Crippen LogP contribution in [-0.2, 0) is 18.3 Å². The zero-order valence-corrected chi connectivity index (χ0v) is 15.0. The van der Waals surface area contributed by atoms with Crippen LogP contribution in [0.25, 0.3) is 0 Å². The summed E-state index contributed by atoms with van der Waals surface area (Å²) in [6.45, 7) is 4.33. The minimum Gasteiger partial charge on any atom is -0.373 e. The summed E-state index contributed by atoms with van der Waals surface area (Å²) in [7, 11) is 5.97. The first-order chi connectivity index (χ1) is 12.1. The molecule has 0 amide bonds. The zero-order valence-electron chi connectivity index (χ0n) is 15.0. The molecule has 2 fully saturated rings. The van der Waals surface area contributed by atoms with Crippen molar-refractivity contribution in [3.8, 4) is 0 Å². The molecule has 0 N–H and O–H groups in total. The molecule has 2 saturated heterocycles. The maximum atomic E-state index is 6.05. The van der Waals surface area contributed by atoms with Crippen LogP contribution in [0.5, 0.6) is 0 Å². The van der Waals surface area contributed by atoms with Gasteiger partial charge in [0.15, 0.2) is 0 Å². The van der Waals surface area contributed by atoms with Gasteiger partial charge in [-0.3, -0.25) is 4.90 Å². The highest BCUT2D eigenvalue weighted by molar-refractivity contribution is 5.45. The van der Waals surface area contributed by atoms with Gasteiger partial charge in [0.1, 0.15) is 11.6 Å². The van der Waals surface area contributed by atoms with Crippen molar-refractivity contribution in [1.29, 1.82) is 0 Å². The van der Waals surface area contributed by atoms with Gasteiger partial charge in [0, 0.05) is 59.4 Å². The predicted molar refractivity (Wildman–Crippen MR) is 95.7 cm³/mol. The number of nitrogens with zero attached hydrogens (tertiary/aromatic N) is 7. The van der Waals surface area contributed by atoms with Gasteiger partial charge in [0.05, 0.1) is 25.3 Å². The zero-order chi connectivity index (χ0) is 17.4. The molecule has 0 spiro atoms. The molecule has 2 aliphatic rings. The highest BCUT2D eigenvalue weighted by atomic mass is 16.5. The van der Waals surface area contributed by atoms with E-state index in [0.717, 1.165) is 50.4 Å². The standard InChI is InChI=1S/C17H25N7O/c1-21(2)17-19-5-4-15(20-17)24-8-9-25-14-11-23(10-13(14)24)12-16-18-6-7-22(16)3/h4-7,13-14H,8-12H2,1-3H3/t13-,14+/m1/s1. The molecule has 25 heavy (non-hydrogen) atoms. The number of aryl methyl sites for hydroxylation is 1. The second-order valence-corrected chi connectivity index (χ2v) is 6.93. The average Bonchev–Trinajstić information content (AvgIpc) is 3.21. The van der Waals surface area contributed by atoms with E-state index in [1.165, 1.54) is 0 Å². The Hall–Kier alpha value is -2.19. The molecule has 0 radical (unpaired) electrons. The third-order valence-electron chi connectivity index (χ3n) is 4.99. The lowest BCUT2D eigenvalue weighted by atomic mass is 10.1. The molecule has 2 aliphatic heterocycles. The first kappa shape index (κ1) is 16.3. The van der Waals surface area contributed by atoms with Crippen LogP contribution in [0, 0.1) is 0 Å². The van der Waals surface area contributed by atoms with Crippen LogP contribution in [0.2, 0.25) is 0 Å². The van der Waals surface area contributed by atoms with Crippen LogP contribution in [0.4, 0.5) is 11.8 Å². The Balaban J connectivity index is 1.51. The topological polar surface area (TPSA) is 62.6 Å². The summed E-state index contributed by atoms with van der Waals surface area (Å²) in [5, 5.41) is 0. The highest BCUT2D eigenvalue weighted by Crippen LogP contribution is 2.28. The minimum atomic E-state index is 0.215. The van der Waals surface area contributed by atoms with Gasteiger partial charge in [0.2, 0.25) is 5.95 Å². The molecule has 0 aromatic carbocycles. The lowest BCUT2D eigenvalue weighted by molar-refractivity contribution is 0.0302. The van der Waals surface area contributed by atoms with Crippen molar-refractivity contribution in [2.45, 2.75) is 18.7 Å². The van der Waals surface area contributed by atoms with Crippen molar-refractivity contribution in [3.05, 3.63) is 30.5 Å². The second-order valence-electron chi connectivity index (χ2n) is 6.93. The molecule has 0 bridgehead atoms. The normalized spacial score (nSPS) is 23.7. The number of fused-ring (bicyclic) bond motifs is 1. The quantitative estimate of drug-likeness (QED) is 0.794. The fourth-order valence-electron chi connectivity index (χ4n) is 3.64. The van der Waals surface area contributed by atoms with Crippen LogP contribution in [0.3, 0.4) is 0 Å². The third-order valence-corrected chi connectivity index (χ3v) is 4.99. The van der Waals surface area contributed by atoms with E-state index in [0.29, 0.717) is 6.04 Å². The maximum absolute atomic E-state index is 6.05. The van der Waals surface area contributed by atoms with E-state index in [9.17, 15) is 0 Å². The second kappa shape index (κ2) is 6.61. The van der Waals surface area contributed by atoms with E-state index in [1.807, 2.05) is 50.7 Å². The summed E-state index contributed by atoms with van der Waals surface area (Å²) >= 11 is 0. The number of likely N-dealkylation sites (tertiary alicyclic amines) is 1. The number of morpholine rings is 1. The van der Waals surface area contributed by atoms with Gasteiger partial charge in [0.25, 0.3) is 0 Å². The molecule has 4 heterocycles. The Morgan fingerprint density at radius 1 is 1.24 bits per heavy atom. The number of aromatic nitrogens is 4. The van der Waals surface area contributed by atoms with Gasteiger partial charge in [-0.05, 0) is 6.07 Å². The Labute approximate surface area is 148 Å². The summed E-state index contributed by atoms with van der Waals surface area (Å²) in [6.07, 6.45) is 5.89. The first-order valence-electron chi connectivity index (χ1n) is 8.69. The number of ether oxygens (including phenoxy) is 1. The molecular weight excluding hydrogens is 318 g/mol. The summed E-state index contributed by atoms with van der Waals surface area (Å²) < 4.78 is 8.12. The Morgan fingerprint density at radius 2 is 2.12 bits per heavy atom. The largest absolute Gasteiger partial charge is 0.373 e. The maximum Gasteiger partial charge on any atom is 0.226 e. The molecule has 0 saturated carbocycles. The van der Waals surface area contributed by atoms with E-state index in [-0.39, 0.29) is 6.10 Å². The van der Waals surface area contributed by atoms with Gasteiger partial charge < -0.3 is 19.1 Å². The average molecular weight is 343 g/mol. The van der Waals surface area contributed by atoms with Gasteiger partial charge in [-0.25, -0.2) is 9.97 Å². The smallest absolute Gasteiger partial charge is 0.226 e. The van der Waals surface area contributed by atoms with E-state index in [4.69, 9.17) is 9.72 Å². The van der Waals surface area contributed by atoms with Crippen molar-refractivity contribution < 1.29 is 4.74 Å². The van der Waals surface area contributed by atoms with E-state index in [2.05, 4.69) is 24.3 Å². The summed E-state index contributed by atoms with van der Waals surface area (Å²) in [6, 6.07) is 2.32. The fraction of sp³-hybridized carbons (Fsp3) is 0.588. The van der Waals surface area contributed by atoms with Gasteiger partial charge >= 0.3 is 0 Å². The monoisotopic (exact) mass is 343 g/mol. The first-order valence-corrected chi connectivity index (χ1v) is 8.69. The van der Waals surface area contributed by atoms with Crippen LogP contribution in [-0.4, -0.2) is 76.9 Å². The van der Waals surface area contributed by atoms with Crippen molar-refractivity contribution in [2.24, 2.45) is 7.05 Å². The molecule has 134 valence electrons. The predicted octanol–water partition coefficient (Wildman–Crippen LogP) is 0.366. The van der Waals surface area contributed by atoms with Crippen LogP contribution in [0.1, 0.15) is 5.82 Å². The molecule has 2 aromatic heterocycles. The van der Waals surface area contributed by atoms with Crippen molar-refractivity contribution in [1.82, 2.24) is 24.4 Å². The Morgan fingerprint density at radius 3 is 2.88 bits per heavy atom. The SMILES string of the molecule is CN(C)c1nccc(N2CCO[C@H]3CN(Cc4nccn4C)C[C@H]32)n1. The third kappa shape index (κ3) is 3.19. The molecule has 8 nitrogen and oxygen atoms in total. The summed E-state index contributed by atoms with van der Waals surface area (Å²) in [5.74, 6) is 2.81. The van der Waals surface area contributed by atoms with Gasteiger partial charge in [-0.15, -0.1) is 0 Å². The lowest BCUT2D eigenvalue weighted by Gasteiger charge is -2.37. The van der Waals surface area contributed by atoms with E-state index < -0.39 is 0 Å². The van der Waals surface area contributed by atoms with Crippen molar-refractivity contribution in [2.75, 3.05) is 50.1 Å². The van der Waals surface area contributed by atoms with Crippen LogP contribution in [0.15, 0.2) is 24.7 Å². The molecule has 0 aliphatic carbocycles. The van der Waals surface area contributed by atoms with E-state index >= 15 is 0 Å². The fourth-order valence-corrected chi connectivity index (χ4v) is 3.64. The molecular formula is C17H25N7O. The van der Waals surface area contributed by atoms with Crippen LogP contribution >= 0.6 is 0 Å². The minimum absolute atomic E-state index is 0.215. The molecule has 2 atom stereocenters. The summed E-state index contributed by atoms with van der Waals surface area (Å²) in [5.41, 5.74) is 0. The van der Waals surface area contributed by atoms with Crippen molar-refractivity contribution in [3.63, 3.8) is 0 Å². The number of rotatable bonds is 4. The van der Waals surface area contributed by atoms with Gasteiger partial charge in [-0.1, -0.05) is 0 Å². The summed E-state index contributed by atoms with van der Waals surface area (Å²) in [4.78, 5) is 20.2. The Bertz CT molecular complexity index is 731. The van der Waals surface area contributed by atoms with Crippen LogP contribution < -0.4 is 9.80 Å².